The van der Waals surface area contributed by atoms with Gasteiger partial charge < -0.3 is 10.2 Å². The number of carbonyl (C=O) groups is 1. The lowest BCUT2D eigenvalue weighted by Gasteiger charge is -2.12. The number of hydrogen-bond acceptors (Lipinski definition) is 8. The lowest BCUT2D eigenvalue weighted by Crippen LogP contribution is -2.24. The van der Waals surface area contributed by atoms with E-state index in [2.05, 4.69) is 15.3 Å². The normalized spacial score (nSPS) is 10.3. The molecule has 0 radical (unpaired) electrons. The van der Waals surface area contributed by atoms with Gasteiger partial charge in [0.2, 0.25) is 5.95 Å². The van der Waals surface area contributed by atoms with Crippen molar-refractivity contribution < 1.29 is 14.6 Å². The van der Waals surface area contributed by atoms with Crippen LogP contribution in [0.1, 0.15) is 21.7 Å². The third-order valence-corrected chi connectivity index (χ3v) is 3.31. The molecule has 0 saturated heterocycles. The summed E-state index contributed by atoms with van der Waals surface area (Å²) in [5, 5.41) is 24.3. The number of hydrogen-bond donors (Lipinski definition) is 1. The van der Waals surface area contributed by atoms with Crippen LogP contribution in [-0.4, -0.2) is 39.8 Å². The first-order valence-corrected chi connectivity index (χ1v) is 7.41. The Hall–Kier alpha value is -3.63. The number of rotatable bonds is 6. The van der Waals surface area contributed by atoms with E-state index in [0.717, 1.165) is 18.2 Å². The monoisotopic (exact) mass is 360 g/mol. The zero-order chi connectivity index (χ0) is 19.4. The summed E-state index contributed by atoms with van der Waals surface area (Å²) in [4.78, 5) is 42.7. The molecule has 26 heavy (non-hydrogen) atoms. The Bertz CT molecular complexity index is 851. The van der Waals surface area contributed by atoms with Gasteiger partial charge in [-0.05, 0) is 13.0 Å². The highest BCUT2D eigenvalue weighted by Crippen LogP contribution is 2.22. The molecule has 0 aliphatic carbocycles. The van der Waals surface area contributed by atoms with E-state index in [0.29, 0.717) is 17.3 Å². The van der Waals surface area contributed by atoms with Crippen molar-refractivity contribution in [1.82, 2.24) is 15.3 Å². The lowest BCUT2D eigenvalue weighted by atomic mass is 10.1. The van der Waals surface area contributed by atoms with Crippen LogP contribution in [0.2, 0.25) is 0 Å². The first-order chi connectivity index (χ1) is 12.2. The van der Waals surface area contributed by atoms with Crippen LogP contribution < -0.4 is 10.2 Å². The molecule has 1 N–H and O–H groups in total. The molecule has 0 aliphatic heterocycles. The van der Waals surface area contributed by atoms with Gasteiger partial charge in [-0.3, -0.25) is 25.0 Å². The average molecular weight is 360 g/mol. The molecule has 1 heterocycles. The van der Waals surface area contributed by atoms with Crippen molar-refractivity contribution >= 4 is 23.2 Å². The second-order valence-corrected chi connectivity index (χ2v) is 5.63. The van der Waals surface area contributed by atoms with Crippen molar-refractivity contribution in [3.63, 3.8) is 0 Å². The molecule has 0 atom stereocenters. The summed E-state index contributed by atoms with van der Waals surface area (Å²) in [6.45, 7) is 1.82. The van der Waals surface area contributed by atoms with Crippen LogP contribution in [0.25, 0.3) is 0 Å². The molecule has 136 valence electrons. The molecule has 0 unspecified atom stereocenters. The maximum Gasteiger partial charge on any atom is 0.277 e. The van der Waals surface area contributed by atoms with Crippen molar-refractivity contribution in [1.29, 1.82) is 0 Å². The zero-order valence-corrected chi connectivity index (χ0v) is 14.3. The second-order valence-electron chi connectivity index (χ2n) is 5.63. The molecule has 1 aromatic carbocycles. The highest BCUT2D eigenvalue weighted by molar-refractivity contribution is 5.95. The number of aryl methyl sites for hydroxylation is 1. The van der Waals surface area contributed by atoms with Crippen molar-refractivity contribution in [2.75, 3.05) is 19.0 Å². The summed E-state index contributed by atoms with van der Waals surface area (Å²) < 4.78 is 0. The van der Waals surface area contributed by atoms with E-state index in [4.69, 9.17) is 0 Å². The number of anilines is 1. The fourth-order valence-electron chi connectivity index (χ4n) is 2.12. The van der Waals surface area contributed by atoms with E-state index >= 15 is 0 Å². The third kappa shape index (κ3) is 4.47. The molecule has 0 fully saturated rings. The summed E-state index contributed by atoms with van der Waals surface area (Å²) in [6, 6.07) is 4.45. The fourth-order valence-corrected chi connectivity index (χ4v) is 2.12. The number of nitrogens with one attached hydrogen (secondary N) is 1. The van der Waals surface area contributed by atoms with Gasteiger partial charge in [-0.2, -0.15) is 0 Å². The maximum absolute atomic E-state index is 12.3. The third-order valence-electron chi connectivity index (χ3n) is 3.31. The first kappa shape index (κ1) is 18.7. The topological polar surface area (TPSA) is 144 Å². The Morgan fingerprint density at radius 1 is 1.08 bits per heavy atom. The molecular formula is C15H16N6O5. The fraction of sp³-hybridized carbons (Fsp3) is 0.267. The predicted molar refractivity (Wildman–Crippen MR) is 92.0 cm³/mol. The van der Waals surface area contributed by atoms with Gasteiger partial charge in [-0.1, -0.05) is 0 Å². The standard InChI is InChI=1S/C15H16N6O5/c1-9-4-11(18-15(17-9)19(2)3)8-16-14(22)10-5-12(20(23)24)7-13(6-10)21(25)26/h4-7H,8H2,1-3H3,(H,16,22). The summed E-state index contributed by atoms with van der Waals surface area (Å²) in [5.74, 6) is -0.209. The Labute approximate surface area is 148 Å². The Balaban J connectivity index is 2.23. The van der Waals surface area contributed by atoms with Gasteiger partial charge in [-0.25, -0.2) is 9.97 Å². The van der Waals surface area contributed by atoms with Gasteiger partial charge >= 0.3 is 0 Å². The van der Waals surface area contributed by atoms with E-state index in [-0.39, 0.29) is 12.1 Å². The molecule has 0 aliphatic rings. The number of nitro benzene ring substituents is 2. The number of non-ortho nitro benzene ring substituents is 2. The number of aromatic nitrogens is 2. The quantitative estimate of drug-likeness (QED) is 0.604. The molecule has 11 heteroatoms. The van der Waals surface area contributed by atoms with Crippen LogP contribution in [0.4, 0.5) is 17.3 Å². The minimum absolute atomic E-state index is 0.0412. The molecule has 0 saturated carbocycles. The van der Waals surface area contributed by atoms with E-state index < -0.39 is 27.1 Å². The molecule has 1 amide bonds. The Morgan fingerprint density at radius 2 is 1.65 bits per heavy atom. The van der Waals surface area contributed by atoms with E-state index in [1.807, 2.05) is 0 Å². The maximum atomic E-state index is 12.3. The van der Waals surface area contributed by atoms with Gasteiger partial charge in [0.1, 0.15) is 0 Å². The zero-order valence-electron chi connectivity index (χ0n) is 14.3. The Morgan fingerprint density at radius 3 is 2.15 bits per heavy atom. The van der Waals surface area contributed by atoms with Crippen molar-refractivity contribution in [2.45, 2.75) is 13.5 Å². The predicted octanol–water partition coefficient (Wildman–Crippen LogP) is 1.60. The molecular weight excluding hydrogens is 344 g/mol. The van der Waals surface area contributed by atoms with E-state index in [9.17, 15) is 25.0 Å². The van der Waals surface area contributed by atoms with E-state index in [1.165, 1.54) is 0 Å². The molecule has 0 bridgehead atoms. The van der Waals surface area contributed by atoms with Crippen molar-refractivity contribution in [3.05, 3.63) is 61.4 Å². The van der Waals surface area contributed by atoms with Gasteiger partial charge in [-0.15, -0.1) is 0 Å². The van der Waals surface area contributed by atoms with Gasteiger partial charge in [0.15, 0.2) is 0 Å². The molecule has 1 aromatic heterocycles. The lowest BCUT2D eigenvalue weighted by molar-refractivity contribution is -0.394. The minimum atomic E-state index is -0.791. The van der Waals surface area contributed by atoms with Gasteiger partial charge in [0.25, 0.3) is 17.3 Å². The van der Waals surface area contributed by atoms with Crippen molar-refractivity contribution in [3.8, 4) is 0 Å². The molecule has 2 aromatic rings. The molecule has 2 rings (SSSR count). The van der Waals surface area contributed by atoms with Crippen LogP contribution >= 0.6 is 0 Å². The number of nitrogens with zero attached hydrogens (tertiary/aromatic N) is 5. The summed E-state index contributed by atoms with van der Waals surface area (Å²) in [6.07, 6.45) is 0. The highest BCUT2D eigenvalue weighted by Gasteiger charge is 2.20. The van der Waals surface area contributed by atoms with Crippen LogP contribution in [0.5, 0.6) is 0 Å². The molecule has 11 nitrogen and oxygen atoms in total. The number of carbonyl (C=O) groups excluding carboxylic acids is 1. The van der Waals surface area contributed by atoms with Gasteiger partial charge in [0.05, 0.1) is 33.7 Å². The minimum Gasteiger partial charge on any atom is -0.347 e. The second kappa shape index (κ2) is 7.51. The molecule has 0 spiro atoms. The smallest absolute Gasteiger partial charge is 0.277 e. The number of nitro groups is 2. The van der Waals surface area contributed by atoms with Crippen LogP contribution in [0, 0.1) is 27.2 Å². The van der Waals surface area contributed by atoms with Crippen LogP contribution in [0.3, 0.4) is 0 Å². The van der Waals surface area contributed by atoms with E-state index in [1.54, 1.807) is 32.0 Å². The summed E-state index contributed by atoms with van der Waals surface area (Å²) in [7, 11) is 3.55. The average Bonchev–Trinajstić information content (AvgIpc) is 2.58. The largest absolute Gasteiger partial charge is 0.347 e. The number of benzene rings is 1. The van der Waals surface area contributed by atoms with Crippen molar-refractivity contribution in [2.24, 2.45) is 0 Å². The Kier molecular flexibility index (Phi) is 5.40. The van der Waals surface area contributed by atoms with Crippen LogP contribution in [0.15, 0.2) is 24.3 Å². The summed E-state index contributed by atoms with van der Waals surface area (Å²) >= 11 is 0. The number of amides is 1. The van der Waals surface area contributed by atoms with Gasteiger partial charge in [0, 0.05) is 31.9 Å². The SMILES string of the molecule is Cc1cc(CNC(=O)c2cc([N+](=O)[O-])cc([N+](=O)[O-])c2)nc(N(C)C)n1. The summed E-state index contributed by atoms with van der Waals surface area (Å²) in [5.41, 5.74) is 0.00664. The van der Waals surface area contributed by atoms with Crippen LogP contribution in [-0.2, 0) is 6.54 Å². The first-order valence-electron chi connectivity index (χ1n) is 7.41. The highest BCUT2D eigenvalue weighted by atomic mass is 16.6.